The Labute approximate surface area is 98.3 Å². The van der Waals surface area contributed by atoms with Gasteiger partial charge in [-0.2, -0.15) is 0 Å². The van der Waals surface area contributed by atoms with Gasteiger partial charge in [-0.15, -0.1) is 0 Å². The summed E-state index contributed by atoms with van der Waals surface area (Å²) in [7, 11) is -1.60. The van der Waals surface area contributed by atoms with Crippen molar-refractivity contribution < 1.29 is 18.9 Å². The number of amides is 1. The smallest absolute Gasteiger partial charge is 0.316 e. The molecule has 0 aliphatic carbocycles. The number of carbonyl (C=O) groups is 2. The van der Waals surface area contributed by atoms with Crippen LogP contribution >= 0.6 is 0 Å². The highest BCUT2D eigenvalue weighted by molar-refractivity contribution is 7.86. The van der Waals surface area contributed by atoms with Gasteiger partial charge < -0.3 is 10.0 Å². The predicted molar refractivity (Wildman–Crippen MR) is 62.7 cm³/mol. The summed E-state index contributed by atoms with van der Waals surface area (Å²) in [4.78, 5) is 23.6. The normalized spacial score (nSPS) is 12.1. The lowest BCUT2D eigenvalue weighted by Gasteiger charge is -2.20. The standard InChI is InChI=1S/C10H19NO4S/c1-3-5-11(6-4-2)9(12)7-16(15)8-10(13)14/h3-8H2,1-2H3,(H,13,14). The third-order valence-corrected chi connectivity index (χ3v) is 3.05. The minimum atomic E-state index is -1.60. The average molecular weight is 249 g/mol. The van der Waals surface area contributed by atoms with Crippen LogP contribution in [0, 0.1) is 0 Å². The van der Waals surface area contributed by atoms with E-state index in [1.165, 1.54) is 0 Å². The van der Waals surface area contributed by atoms with Crippen LogP contribution in [0.15, 0.2) is 0 Å². The molecule has 0 aliphatic heterocycles. The van der Waals surface area contributed by atoms with Crippen molar-refractivity contribution in [1.82, 2.24) is 4.90 Å². The van der Waals surface area contributed by atoms with Gasteiger partial charge in [-0.3, -0.25) is 13.8 Å². The van der Waals surface area contributed by atoms with Gasteiger partial charge in [0, 0.05) is 23.9 Å². The Morgan fingerprint density at radius 1 is 1.12 bits per heavy atom. The first-order valence-electron chi connectivity index (χ1n) is 5.35. The minimum absolute atomic E-state index is 0.188. The van der Waals surface area contributed by atoms with Crippen LogP contribution in [0.4, 0.5) is 0 Å². The zero-order valence-electron chi connectivity index (χ0n) is 9.77. The van der Waals surface area contributed by atoms with E-state index in [1.807, 2.05) is 13.8 Å². The van der Waals surface area contributed by atoms with Gasteiger partial charge in [0.2, 0.25) is 5.91 Å². The van der Waals surface area contributed by atoms with Crippen molar-refractivity contribution in [2.45, 2.75) is 26.7 Å². The van der Waals surface area contributed by atoms with E-state index in [1.54, 1.807) is 4.90 Å². The van der Waals surface area contributed by atoms with Crippen molar-refractivity contribution >= 4 is 22.7 Å². The van der Waals surface area contributed by atoms with Crippen LogP contribution in [0.25, 0.3) is 0 Å². The molecule has 0 aromatic heterocycles. The first-order valence-corrected chi connectivity index (χ1v) is 6.84. The summed E-state index contributed by atoms with van der Waals surface area (Å²) in [5, 5.41) is 8.42. The molecule has 0 radical (unpaired) electrons. The van der Waals surface area contributed by atoms with Crippen molar-refractivity contribution in [2.75, 3.05) is 24.6 Å². The summed E-state index contributed by atoms with van der Waals surface area (Å²) >= 11 is 0. The summed E-state index contributed by atoms with van der Waals surface area (Å²) in [5.74, 6) is -2.00. The predicted octanol–water partition coefficient (Wildman–Crippen LogP) is 0.468. The van der Waals surface area contributed by atoms with Crippen LogP contribution in [0.1, 0.15) is 26.7 Å². The molecule has 0 fully saturated rings. The average Bonchev–Trinajstić information content (AvgIpc) is 2.15. The zero-order chi connectivity index (χ0) is 12.6. The maximum atomic E-state index is 11.7. The molecule has 1 N–H and O–H groups in total. The third-order valence-electron chi connectivity index (χ3n) is 1.91. The highest BCUT2D eigenvalue weighted by Crippen LogP contribution is 1.97. The largest absolute Gasteiger partial charge is 0.481 e. The van der Waals surface area contributed by atoms with Gasteiger partial charge in [0.1, 0.15) is 11.5 Å². The molecule has 0 heterocycles. The number of carboxylic acid groups (broad SMARTS) is 1. The molecular weight excluding hydrogens is 230 g/mol. The Morgan fingerprint density at radius 2 is 1.62 bits per heavy atom. The molecule has 0 saturated heterocycles. The second kappa shape index (κ2) is 8.27. The van der Waals surface area contributed by atoms with Crippen molar-refractivity contribution in [3.63, 3.8) is 0 Å². The van der Waals surface area contributed by atoms with Crippen LogP contribution in [0.3, 0.4) is 0 Å². The van der Waals surface area contributed by atoms with Crippen molar-refractivity contribution in [3.8, 4) is 0 Å². The van der Waals surface area contributed by atoms with E-state index >= 15 is 0 Å². The van der Waals surface area contributed by atoms with Crippen molar-refractivity contribution in [3.05, 3.63) is 0 Å². The lowest BCUT2D eigenvalue weighted by Crippen LogP contribution is -2.36. The molecule has 0 saturated carbocycles. The highest BCUT2D eigenvalue weighted by atomic mass is 32.2. The molecule has 16 heavy (non-hydrogen) atoms. The van der Waals surface area contributed by atoms with Gasteiger partial charge >= 0.3 is 5.97 Å². The van der Waals surface area contributed by atoms with Crippen LogP contribution in [0.5, 0.6) is 0 Å². The maximum absolute atomic E-state index is 11.7. The fraction of sp³-hybridized carbons (Fsp3) is 0.800. The Hall–Kier alpha value is -0.910. The monoisotopic (exact) mass is 249 g/mol. The topological polar surface area (TPSA) is 74.7 Å². The molecule has 0 aromatic carbocycles. The minimum Gasteiger partial charge on any atom is -0.481 e. The van der Waals surface area contributed by atoms with E-state index in [0.29, 0.717) is 13.1 Å². The maximum Gasteiger partial charge on any atom is 0.316 e. The van der Waals surface area contributed by atoms with Gasteiger partial charge in [-0.25, -0.2) is 0 Å². The van der Waals surface area contributed by atoms with E-state index in [9.17, 15) is 13.8 Å². The fourth-order valence-corrected chi connectivity index (χ4v) is 2.15. The number of rotatable bonds is 8. The Bertz CT molecular complexity index is 262. The lowest BCUT2D eigenvalue weighted by molar-refractivity contribution is -0.134. The number of carbonyl (C=O) groups excluding carboxylic acids is 1. The molecule has 0 bridgehead atoms. The quantitative estimate of drug-likeness (QED) is 0.678. The molecular formula is C10H19NO4S. The van der Waals surface area contributed by atoms with Crippen LogP contribution < -0.4 is 0 Å². The number of hydrogen-bond donors (Lipinski definition) is 1. The van der Waals surface area contributed by atoms with Gasteiger partial charge in [0.25, 0.3) is 0 Å². The SMILES string of the molecule is CCCN(CCC)C(=O)CS(=O)CC(=O)O. The van der Waals surface area contributed by atoms with Gasteiger partial charge in [-0.05, 0) is 12.8 Å². The van der Waals surface area contributed by atoms with Crippen molar-refractivity contribution in [1.29, 1.82) is 0 Å². The first-order chi connectivity index (χ1) is 7.51. The second-order valence-corrected chi connectivity index (χ2v) is 4.96. The van der Waals surface area contributed by atoms with E-state index in [4.69, 9.17) is 5.11 Å². The summed E-state index contributed by atoms with van der Waals surface area (Å²) in [6.07, 6.45) is 1.69. The van der Waals surface area contributed by atoms with Crippen molar-refractivity contribution in [2.24, 2.45) is 0 Å². The molecule has 1 amide bonds. The number of nitrogens with zero attached hydrogens (tertiary/aromatic N) is 1. The molecule has 1 unspecified atom stereocenters. The van der Waals surface area contributed by atoms with Gasteiger partial charge in [-0.1, -0.05) is 13.8 Å². The first kappa shape index (κ1) is 15.1. The van der Waals surface area contributed by atoms with E-state index < -0.39 is 22.5 Å². The summed E-state index contributed by atoms with van der Waals surface area (Å²) < 4.78 is 11.3. The third kappa shape index (κ3) is 6.55. The van der Waals surface area contributed by atoms with Crippen LogP contribution in [0.2, 0.25) is 0 Å². The number of hydrogen-bond acceptors (Lipinski definition) is 3. The van der Waals surface area contributed by atoms with Crippen LogP contribution in [-0.4, -0.2) is 50.7 Å². The van der Waals surface area contributed by atoms with Gasteiger partial charge in [0.05, 0.1) is 0 Å². The summed E-state index contributed by atoms with van der Waals surface area (Å²) in [6, 6.07) is 0. The Morgan fingerprint density at radius 3 is 2.00 bits per heavy atom. The van der Waals surface area contributed by atoms with E-state index in [0.717, 1.165) is 12.8 Å². The molecule has 0 rings (SSSR count). The Kier molecular flexibility index (Phi) is 7.80. The van der Waals surface area contributed by atoms with Gasteiger partial charge in [0.15, 0.2) is 0 Å². The lowest BCUT2D eigenvalue weighted by atomic mass is 10.3. The molecule has 0 spiro atoms. The number of aliphatic carboxylic acids is 1. The number of carboxylic acids is 1. The summed E-state index contributed by atoms with van der Waals surface area (Å²) in [5.41, 5.74) is 0. The van der Waals surface area contributed by atoms with E-state index in [-0.39, 0.29) is 11.7 Å². The Balaban J connectivity index is 4.18. The highest BCUT2D eigenvalue weighted by Gasteiger charge is 2.16. The zero-order valence-corrected chi connectivity index (χ0v) is 10.6. The van der Waals surface area contributed by atoms with E-state index in [2.05, 4.69) is 0 Å². The molecule has 5 nitrogen and oxygen atoms in total. The molecule has 1 atom stereocenters. The molecule has 94 valence electrons. The second-order valence-electron chi connectivity index (χ2n) is 3.50. The molecule has 6 heteroatoms. The van der Waals surface area contributed by atoms with Crippen LogP contribution in [-0.2, 0) is 20.4 Å². The molecule has 0 aliphatic rings. The molecule has 0 aromatic rings. The fourth-order valence-electron chi connectivity index (χ4n) is 1.32. The summed E-state index contributed by atoms with van der Waals surface area (Å²) in [6.45, 7) is 5.20.